The van der Waals surface area contributed by atoms with Gasteiger partial charge >= 0.3 is 0 Å². The summed E-state index contributed by atoms with van der Waals surface area (Å²) in [5.41, 5.74) is 6.90. The minimum atomic E-state index is -0.585. The number of amides is 2. The summed E-state index contributed by atoms with van der Waals surface area (Å²) in [6.07, 6.45) is 0.894. The van der Waals surface area contributed by atoms with Gasteiger partial charge in [-0.3, -0.25) is 9.59 Å². The maximum absolute atomic E-state index is 12.3. The van der Waals surface area contributed by atoms with Crippen LogP contribution in [0.5, 0.6) is 5.75 Å². The summed E-state index contributed by atoms with van der Waals surface area (Å²) in [5.74, 6) is 0.809. The van der Waals surface area contributed by atoms with Crippen LogP contribution >= 0.6 is 0 Å². The van der Waals surface area contributed by atoms with Gasteiger partial charge in [-0.1, -0.05) is 32.0 Å². The maximum atomic E-state index is 12.3. The van der Waals surface area contributed by atoms with E-state index in [0.29, 0.717) is 13.1 Å². The van der Waals surface area contributed by atoms with Gasteiger partial charge in [0.25, 0.3) is 0 Å². The third kappa shape index (κ3) is 4.26. The highest BCUT2D eigenvalue weighted by Crippen LogP contribution is 2.33. The summed E-state index contributed by atoms with van der Waals surface area (Å²) >= 11 is 0. The van der Waals surface area contributed by atoms with Gasteiger partial charge in [0.1, 0.15) is 5.75 Å². The lowest BCUT2D eigenvalue weighted by atomic mass is 9.97. The van der Waals surface area contributed by atoms with Crippen molar-refractivity contribution >= 4 is 11.8 Å². The van der Waals surface area contributed by atoms with Crippen LogP contribution in [0, 0.1) is 5.92 Å². The number of hydrogen-bond donors (Lipinski definition) is 2. The predicted molar refractivity (Wildman–Crippen MR) is 92.8 cm³/mol. The highest BCUT2D eigenvalue weighted by atomic mass is 16.5. The van der Waals surface area contributed by atoms with Crippen LogP contribution < -0.4 is 15.8 Å². The van der Waals surface area contributed by atoms with Crippen molar-refractivity contribution in [2.24, 2.45) is 11.7 Å². The molecule has 1 aromatic carbocycles. The third-order valence-corrected chi connectivity index (χ3v) is 4.55. The number of hydrogen-bond acceptors (Lipinski definition) is 4. The van der Waals surface area contributed by atoms with E-state index in [1.807, 2.05) is 38.1 Å². The van der Waals surface area contributed by atoms with Crippen LogP contribution in [0.25, 0.3) is 0 Å². The number of benzene rings is 1. The Morgan fingerprint density at radius 2 is 2.08 bits per heavy atom. The lowest BCUT2D eigenvalue weighted by Gasteiger charge is -2.19. The molecule has 6 nitrogen and oxygen atoms in total. The van der Waals surface area contributed by atoms with Gasteiger partial charge in [-0.2, -0.15) is 0 Å². The largest absolute Gasteiger partial charge is 0.496 e. The monoisotopic (exact) mass is 333 g/mol. The first-order valence-electron chi connectivity index (χ1n) is 8.38. The normalized spacial score (nSPS) is 18.5. The summed E-state index contributed by atoms with van der Waals surface area (Å²) in [6.45, 7) is 5.09. The molecule has 0 aromatic heterocycles. The molecule has 1 saturated heterocycles. The molecule has 6 heteroatoms. The second-order valence-electron chi connectivity index (χ2n) is 6.55. The number of nitrogens with zero attached hydrogens (tertiary/aromatic N) is 1. The van der Waals surface area contributed by atoms with E-state index >= 15 is 0 Å². The van der Waals surface area contributed by atoms with E-state index in [9.17, 15) is 9.59 Å². The molecule has 2 atom stereocenters. The van der Waals surface area contributed by atoms with E-state index in [2.05, 4.69) is 5.32 Å². The number of nitrogens with two attached hydrogens (primary N) is 1. The molecular formula is C18H27N3O3. The number of carbonyl (C=O) groups excluding carboxylic acids is 2. The van der Waals surface area contributed by atoms with Gasteiger partial charge in [-0.25, -0.2) is 0 Å². The molecule has 132 valence electrons. The smallest absolute Gasteiger partial charge is 0.241 e. The zero-order valence-corrected chi connectivity index (χ0v) is 14.6. The fraction of sp³-hybridized carbons (Fsp3) is 0.556. The number of likely N-dealkylation sites (tertiary alicyclic amines) is 1. The molecule has 1 heterocycles. The Balaban J connectivity index is 1.89. The van der Waals surface area contributed by atoms with Crippen LogP contribution in [0.15, 0.2) is 24.3 Å². The van der Waals surface area contributed by atoms with Gasteiger partial charge in [0, 0.05) is 19.0 Å². The highest BCUT2D eigenvalue weighted by molar-refractivity contribution is 5.87. The molecule has 0 radical (unpaired) electrons. The average Bonchev–Trinajstić information content (AvgIpc) is 3.08. The molecule has 1 fully saturated rings. The van der Waals surface area contributed by atoms with Gasteiger partial charge in [0.2, 0.25) is 11.8 Å². The van der Waals surface area contributed by atoms with Gasteiger partial charge in [0.15, 0.2) is 0 Å². The number of rotatable bonds is 6. The minimum absolute atomic E-state index is 0.00209. The van der Waals surface area contributed by atoms with Crippen LogP contribution in [-0.4, -0.2) is 49.5 Å². The number of para-hydroxylation sites is 1. The molecule has 2 rings (SSSR count). The number of methoxy groups -OCH3 is 1. The standard InChI is InChI=1S/C18H27N3O3/c1-12(2)17(19)18(23)20-10-16(22)21-9-8-13(11-21)14-6-4-5-7-15(14)24-3/h4-7,12-13,17H,8-11,19H2,1-3H3,(H,20,23)/t13?,17-/m0/s1. The average molecular weight is 333 g/mol. The summed E-state index contributed by atoms with van der Waals surface area (Å²) in [6, 6.07) is 7.32. The minimum Gasteiger partial charge on any atom is -0.496 e. The molecule has 0 saturated carbocycles. The molecule has 24 heavy (non-hydrogen) atoms. The SMILES string of the molecule is COc1ccccc1C1CCN(C(=O)CNC(=O)[C@@H](N)C(C)C)C1. The molecule has 1 aliphatic heterocycles. The van der Waals surface area contributed by atoms with Crippen molar-refractivity contribution in [3.8, 4) is 5.75 Å². The quantitative estimate of drug-likeness (QED) is 0.817. The first kappa shape index (κ1) is 18.3. The topological polar surface area (TPSA) is 84.7 Å². The Kier molecular flexibility index (Phi) is 6.20. The molecule has 1 unspecified atom stereocenters. The van der Waals surface area contributed by atoms with Crippen LogP contribution in [-0.2, 0) is 9.59 Å². The molecule has 0 bridgehead atoms. The Bertz CT molecular complexity index is 589. The van der Waals surface area contributed by atoms with Crippen molar-refractivity contribution in [3.05, 3.63) is 29.8 Å². The lowest BCUT2D eigenvalue weighted by Crippen LogP contribution is -2.47. The Labute approximate surface area is 143 Å². The lowest BCUT2D eigenvalue weighted by molar-refractivity contribution is -0.132. The molecule has 0 aliphatic carbocycles. The summed E-state index contributed by atoms with van der Waals surface area (Å²) < 4.78 is 5.41. The second kappa shape index (κ2) is 8.15. The van der Waals surface area contributed by atoms with Crippen molar-refractivity contribution in [2.45, 2.75) is 32.2 Å². The number of ether oxygens (including phenoxy) is 1. The zero-order chi connectivity index (χ0) is 17.7. The van der Waals surface area contributed by atoms with E-state index in [-0.39, 0.29) is 30.2 Å². The van der Waals surface area contributed by atoms with E-state index < -0.39 is 6.04 Å². The fourth-order valence-electron chi connectivity index (χ4n) is 2.94. The van der Waals surface area contributed by atoms with Gasteiger partial charge < -0.3 is 20.7 Å². The number of carbonyl (C=O) groups is 2. The highest BCUT2D eigenvalue weighted by Gasteiger charge is 2.29. The predicted octanol–water partition coefficient (Wildman–Crippen LogP) is 1.11. The molecule has 1 aromatic rings. The van der Waals surface area contributed by atoms with E-state index in [1.165, 1.54) is 0 Å². The summed E-state index contributed by atoms with van der Waals surface area (Å²) in [4.78, 5) is 26.0. The fourth-order valence-corrected chi connectivity index (χ4v) is 2.94. The first-order valence-corrected chi connectivity index (χ1v) is 8.38. The van der Waals surface area contributed by atoms with Crippen molar-refractivity contribution in [2.75, 3.05) is 26.7 Å². The van der Waals surface area contributed by atoms with Gasteiger partial charge in [0.05, 0.1) is 19.7 Å². The van der Waals surface area contributed by atoms with Crippen molar-refractivity contribution in [1.29, 1.82) is 0 Å². The van der Waals surface area contributed by atoms with Crippen LogP contribution in [0.1, 0.15) is 31.7 Å². The summed E-state index contributed by atoms with van der Waals surface area (Å²) in [5, 5.41) is 2.64. The first-order chi connectivity index (χ1) is 11.4. The zero-order valence-electron chi connectivity index (χ0n) is 14.6. The van der Waals surface area contributed by atoms with Crippen molar-refractivity contribution in [3.63, 3.8) is 0 Å². The molecular weight excluding hydrogens is 306 g/mol. The van der Waals surface area contributed by atoms with Crippen LogP contribution in [0.4, 0.5) is 0 Å². The third-order valence-electron chi connectivity index (χ3n) is 4.55. The van der Waals surface area contributed by atoms with Gasteiger partial charge in [-0.05, 0) is 24.0 Å². The van der Waals surface area contributed by atoms with Gasteiger partial charge in [-0.15, -0.1) is 0 Å². The second-order valence-corrected chi connectivity index (χ2v) is 6.55. The molecule has 2 amide bonds. The van der Waals surface area contributed by atoms with E-state index in [0.717, 1.165) is 17.7 Å². The van der Waals surface area contributed by atoms with Crippen molar-refractivity contribution < 1.29 is 14.3 Å². The van der Waals surface area contributed by atoms with E-state index in [4.69, 9.17) is 10.5 Å². The molecule has 3 N–H and O–H groups in total. The van der Waals surface area contributed by atoms with Crippen LogP contribution in [0.3, 0.4) is 0 Å². The Hall–Kier alpha value is -2.08. The Morgan fingerprint density at radius 3 is 2.75 bits per heavy atom. The molecule has 1 aliphatic rings. The van der Waals surface area contributed by atoms with E-state index in [1.54, 1.807) is 12.0 Å². The van der Waals surface area contributed by atoms with Crippen molar-refractivity contribution in [1.82, 2.24) is 10.2 Å². The van der Waals surface area contributed by atoms with Crippen LogP contribution in [0.2, 0.25) is 0 Å². The Morgan fingerprint density at radius 1 is 1.38 bits per heavy atom. The number of nitrogens with one attached hydrogen (secondary N) is 1. The molecule has 0 spiro atoms. The summed E-state index contributed by atoms with van der Waals surface area (Å²) in [7, 11) is 1.66. The maximum Gasteiger partial charge on any atom is 0.241 e.